The zero-order chi connectivity index (χ0) is 29.7. The molecule has 2 atom stereocenters. The Labute approximate surface area is 240 Å². The van der Waals surface area contributed by atoms with Gasteiger partial charge in [-0.2, -0.15) is 0 Å². The van der Waals surface area contributed by atoms with E-state index in [1.807, 2.05) is 60.7 Å². The van der Waals surface area contributed by atoms with Crippen LogP contribution in [0.2, 0.25) is 0 Å². The first kappa shape index (κ1) is 31.3. The molecule has 2 aromatic carbocycles. The summed E-state index contributed by atoms with van der Waals surface area (Å²) in [6.07, 6.45) is 3.59. The molecule has 0 aliphatic carbocycles. The summed E-state index contributed by atoms with van der Waals surface area (Å²) in [6, 6.07) is 20.4. The quantitative estimate of drug-likeness (QED) is 0.188. The second kappa shape index (κ2) is 15.5. The maximum atomic E-state index is 13.3. The predicted molar refractivity (Wildman–Crippen MR) is 158 cm³/mol. The van der Waals surface area contributed by atoms with Gasteiger partial charge in [-0.05, 0) is 48.1 Å². The van der Waals surface area contributed by atoms with Crippen LogP contribution in [0.1, 0.15) is 43.7 Å². The van der Waals surface area contributed by atoms with Gasteiger partial charge in [0.1, 0.15) is 21.7 Å². The zero-order valence-corrected chi connectivity index (χ0v) is 23.8. The highest BCUT2D eigenvalue weighted by Gasteiger charge is 2.26. The highest BCUT2D eigenvalue weighted by Crippen LogP contribution is 2.23. The summed E-state index contributed by atoms with van der Waals surface area (Å²) in [5.74, 6) is -1.72. The van der Waals surface area contributed by atoms with Crippen molar-refractivity contribution in [1.29, 1.82) is 0 Å². The first-order valence-corrected chi connectivity index (χ1v) is 15.5. The number of carbonyl (C=O) groups excluding carboxylic acids is 2. The number of pyridine rings is 1. The molecule has 0 saturated carbocycles. The number of aromatic nitrogens is 1. The molecule has 41 heavy (non-hydrogen) atoms. The number of unbranched alkanes of at least 4 members (excludes halogenated alkanes) is 1. The van der Waals surface area contributed by atoms with E-state index in [4.69, 9.17) is 0 Å². The number of nitrogens with zero attached hydrogens (tertiary/aromatic N) is 1. The molecule has 3 aromatic rings. The Morgan fingerprint density at radius 2 is 1.56 bits per heavy atom. The van der Waals surface area contributed by atoms with Gasteiger partial charge >= 0.3 is 5.97 Å². The molecule has 0 aliphatic rings. The highest BCUT2D eigenvalue weighted by molar-refractivity contribution is 7.90. The first-order valence-electron chi connectivity index (χ1n) is 13.4. The van der Waals surface area contributed by atoms with Gasteiger partial charge in [0.15, 0.2) is 0 Å². The van der Waals surface area contributed by atoms with E-state index in [9.17, 15) is 27.9 Å². The van der Waals surface area contributed by atoms with Gasteiger partial charge in [0.05, 0.1) is 18.2 Å². The third kappa shape index (κ3) is 11.4. The van der Waals surface area contributed by atoms with Crippen LogP contribution in [0.15, 0.2) is 79.0 Å². The maximum absolute atomic E-state index is 13.3. The molecule has 10 nitrogen and oxygen atoms in total. The summed E-state index contributed by atoms with van der Waals surface area (Å²) in [5, 5.41) is 18.0. The molecule has 1 aromatic heterocycles. The molecule has 2 amide bonds. The molecule has 0 saturated heterocycles. The van der Waals surface area contributed by atoms with Crippen LogP contribution in [-0.2, 0) is 24.2 Å². The van der Waals surface area contributed by atoms with Crippen LogP contribution in [0.3, 0.4) is 0 Å². The number of aliphatic carboxylic acids is 1. The summed E-state index contributed by atoms with van der Waals surface area (Å²) in [5.41, 5.74) is 2.51. The van der Waals surface area contributed by atoms with E-state index in [0.29, 0.717) is 24.9 Å². The van der Waals surface area contributed by atoms with E-state index >= 15 is 0 Å². The van der Waals surface area contributed by atoms with E-state index in [0.717, 1.165) is 23.2 Å². The van der Waals surface area contributed by atoms with Crippen LogP contribution in [0.5, 0.6) is 0 Å². The van der Waals surface area contributed by atoms with Crippen molar-refractivity contribution >= 4 is 33.4 Å². The van der Waals surface area contributed by atoms with Crippen molar-refractivity contribution in [3.05, 3.63) is 84.6 Å². The Morgan fingerprint density at radius 3 is 2.20 bits per heavy atom. The lowest BCUT2D eigenvalue weighted by atomic mass is 9.98. The van der Waals surface area contributed by atoms with E-state index < -0.39 is 39.7 Å². The van der Waals surface area contributed by atoms with Crippen molar-refractivity contribution in [2.75, 3.05) is 23.9 Å². The first-order chi connectivity index (χ1) is 19.6. The number of amides is 2. The number of anilines is 1. The van der Waals surface area contributed by atoms with Crippen molar-refractivity contribution < 1.29 is 27.9 Å². The number of hydrogen-bond donors (Lipinski definition) is 4. The van der Waals surface area contributed by atoms with Crippen LogP contribution in [0.4, 0.5) is 5.82 Å². The monoisotopic (exact) mass is 580 g/mol. The fraction of sp³-hybridized carbons (Fsp3) is 0.333. The Morgan fingerprint density at radius 1 is 0.878 bits per heavy atom. The van der Waals surface area contributed by atoms with Crippen molar-refractivity contribution in [2.24, 2.45) is 0 Å². The van der Waals surface area contributed by atoms with Crippen LogP contribution >= 0.6 is 0 Å². The predicted octanol–water partition coefficient (Wildman–Crippen LogP) is 3.58. The van der Waals surface area contributed by atoms with Gasteiger partial charge < -0.3 is 21.1 Å². The number of carboxylic acid groups (broad SMARTS) is 1. The molecule has 11 heteroatoms. The number of hydrogen-bond acceptors (Lipinski definition) is 7. The lowest BCUT2D eigenvalue weighted by molar-refractivity contribution is -0.138. The zero-order valence-electron chi connectivity index (χ0n) is 23.0. The van der Waals surface area contributed by atoms with Gasteiger partial charge in [-0.25, -0.2) is 13.4 Å². The smallest absolute Gasteiger partial charge is 0.305 e. The van der Waals surface area contributed by atoms with Crippen LogP contribution < -0.4 is 16.0 Å². The van der Waals surface area contributed by atoms with E-state index in [2.05, 4.69) is 20.9 Å². The summed E-state index contributed by atoms with van der Waals surface area (Å²) >= 11 is 0. The molecule has 3 rings (SSSR count). The largest absolute Gasteiger partial charge is 0.481 e. The Bertz CT molecular complexity index is 1380. The summed E-state index contributed by atoms with van der Waals surface area (Å²) in [6.45, 7) is 0.613. The van der Waals surface area contributed by atoms with Crippen molar-refractivity contribution in [3.63, 3.8) is 0 Å². The fourth-order valence-electron chi connectivity index (χ4n) is 4.20. The Balaban J connectivity index is 1.62. The van der Waals surface area contributed by atoms with Crippen LogP contribution in [0, 0.1) is 0 Å². The van der Waals surface area contributed by atoms with E-state index in [1.165, 1.54) is 0 Å². The molecule has 0 bridgehead atoms. The molecule has 218 valence electrons. The topological polar surface area (TPSA) is 155 Å². The average Bonchev–Trinajstić information content (AvgIpc) is 2.95. The van der Waals surface area contributed by atoms with Crippen molar-refractivity contribution in [3.8, 4) is 11.1 Å². The highest BCUT2D eigenvalue weighted by atomic mass is 32.2. The second-order valence-electron chi connectivity index (χ2n) is 9.78. The number of nitrogens with one attached hydrogen (secondary N) is 3. The molecule has 0 fully saturated rings. The van der Waals surface area contributed by atoms with Gasteiger partial charge in [-0.3, -0.25) is 14.4 Å². The van der Waals surface area contributed by atoms with Gasteiger partial charge in [0.2, 0.25) is 11.8 Å². The lowest BCUT2D eigenvalue weighted by Crippen LogP contribution is -2.48. The van der Waals surface area contributed by atoms with Crippen LogP contribution in [0.25, 0.3) is 11.1 Å². The number of benzene rings is 2. The minimum absolute atomic E-state index is 0.135. The fourth-order valence-corrected chi connectivity index (χ4v) is 4.86. The lowest BCUT2D eigenvalue weighted by Gasteiger charge is -2.23. The van der Waals surface area contributed by atoms with Gasteiger partial charge in [-0.1, -0.05) is 60.7 Å². The third-order valence-corrected chi connectivity index (χ3v) is 7.32. The number of sulfone groups is 1. The standard InChI is InChI=1S/C30H36N4O6S/c1-41(39,40)20-17-25(33-28(35)12-6-8-19-32-27-11-5-7-18-31-27)30(38)34-26(21-29(36)37)24-15-13-23(14-16-24)22-9-3-2-4-10-22/h2-5,7,9-11,13-16,18,25-26H,6,8,12,17,19-21H2,1H3,(H,31,32)(H,33,35)(H,34,38)(H,36,37)/t25-,26?/m0/s1. The minimum Gasteiger partial charge on any atom is -0.481 e. The maximum Gasteiger partial charge on any atom is 0.305 e. The number of carboxylic acids is 1. The molecule has 1 heterocycles. The molecular formula is C30H36N4O6S. The summed E-state index contributed by atoms with van der Waals surface area (Å²) in [7, 11) is -3.41. The molecule has 4 N–H and O–H groups in total. The van der Waals surface area contributed by atoms with E-state index in [1.54, 1.807) is 18.3 Å². The molecule has 1 unspecified atom stereocenters. The molecule has 0 spiro atoms. The Kier molecular flexibility index (Phi) is 11.8. The second-order valence-corrected chi connectivity index (χ2v) is 12.0. The van der Waals surface area contributed by atoms with E-state index in [-0.39, 0.29) is 25.0 Å². The Hall–Kier alpha value is -4.25. The number of carbonyl (C=O) groups is 3. The van der Waals surface area contributed by atoms with Gasteiger partial charge in [-0.15, -0.1) is 0 Å². The normalized spacial score (nSPS) is 12.6. The third-order valence-electron chi connectivity index (χ3n) is 6.35. The molecule has 0 aliphatic heterocycles. The number of rotatable bonds is 16. The molecular weight excluding hydrogens is 544 g/mol. The minimum atomic E-state index is -3.41. The van der Waals surface area contributed by atoms with Crippen molar-refractivity contribution in [2.45, 2.75) is 44.2 Å². The summed E-state index contributed by atoms with van der Waals surface area (Å²) < 4.78 is 23.6. The molecule has 0 radical (unpaired) electrons. The van der Waals surface area contributed by atoms with Gasteiger partial charge in [0, 0.05) is 25.4 Å². The van der Waals surface area contributed by atoms with Crippen molar-refractivity contribution in [1.82, 2.24) is 15.6 Å². The SMILES string of the molecule is CS(=O)(=O)CC[C@H](NC(=O)CCCCNc1ccccn1)C(=O)NC(CC(=O)O)c1ccc(-c2ccccc2)cc1. The van der Waals surface area contributed by atoms with Crippen LogP contribution in [-0.4, -0.2) is 60.9 Å². The average molecular weight is 581 g/mol. The summed E-state index contributed by atoms with van der Waals surface area (Å²) in [4.78, 5) is 41.7. The van der Waals surface area contributed by atoms with Gasteiger partial charge in [0.25, 0.3) is 0 Å².